The number of ether oxygens (including phenoxy) is 2. The van der Waals surface area contributed by atoms with E-state index < -0.39 is 15.9 Å². The lowest BCUT2D eigenvalue weighted by Crippen LogP contribution is -2.29. The van der Waals surface area contributed by atoms with Crippen LogP contribution < -0.4 is 31.4 Å². The Labute approximate surface area is 279 Å². The highest BCUT2D eigenvalue weighted by Crippen LogP contribution is 2.39. The van der Waals surface area contributed by atoms with E-state index in [-0.39, 0.29) is 22.3 Å². The van der Waals surface area contributed by atoms with Crippen molar-refractivity contribution in [3.8, 4) is 5.75 Å². The second-order valence-corrected chi connectivity index (χ2v) is 15.2. The second kappa shape index (κ2) is 14.8. The number of amides is 1. The smallest absolute Gasteiger partial charge is 0.255 e. The molecule has 0 bridgehead atoms. The predicted octanol–water partition coefficient (Wildman–Crippen LogP) is 5.39. The van der Waals surface area contributed by atoms with Crippen LogP contribution in [-0.4, -0.2) is 50.5 Å². The Hall–Kier alpha value is -4.07. The largest absolute Gasteiger partial charge is 0.492 e. The highest BCUT2D eigenvalue weighted by molar-refractivity contribution is 7.92. The fourth-order valence-electron chi connectivity index (χ4n) is 5.10. The molecule has 0 saturated heterocycles. The number of nitrogens with zero attached hydrogens (tertiary/aromatic N) is 3. The molecule has 0 atom stereocenters. The topological polar surface area (TPSA) is 167 Å². The molecule has 0 aliphatic rings. The fourth-order valence-corrected chi connectivity index (χ4v) is 5.65. The minimum atomic E-state index is -3.62. The third-order valence-electron chi connectivity index (χ3n) is 7.72. The Balaban J connectivity index is 1.91. The summed E-state index contributed by atoms with van der Waals surface area (Å²) in [6.07, 6.45) is 6.44. The molecule has 12 nitrogen and oxygen atoms in total. The van der Waals surface area contributed by atoms with Crippen LogP contribution in [0.15, 0.2) is 42.7 Å². The van der Waals surface area contributed by atoms with Crippen LogP contribution in [0.25, 0.3) is 5.70 Å². The number of methoxy groups -OCH3 is 1. The van der Waals surface area contributed by atoms with Gasteiger partial charge in [0.05, 0.1) is 54.6 Å². The van der Waals surface area contributed by atoms with E-state index in [1.807, 2.05) is 39.3 Å². The summed E-state index contributed by atoms with van der Waals surface area (Å²) in [5.74, 6) is 7.08. The van der Waals surface area contributed by atoms with Crippen molar-refractivity contribution < 1.29 is 22.7 Å². The SMILES string of the molecule is CCCCOCC(C)(C)c1ncc(/C(N)=C/N(N)c2cc(C(=O)Nc3cc(C(C)(C)C)cc(NS(C)(=O)=O)c3OC)ccc2C)n1C. The van der Waals surface area contributed by atoms with Gasteiger partial charge in [0.2, 0.25) is 10.0 Å². The number of hydrogen-bond acceptors (Lipinski definition) is 9. The molecule has 0 unspecified atom stereocenters. The molecule has 0 aliphatic carbocycles. The Kier molecular flexibility index (Phi) is 11.8. The second-order valence-electron chi connectivity index (χ2n) is 13.5. The number of hydrogen-bond donors (Lipinski definition) is 4. The van der Waals surface area contributed by atoms with Crippen LogP contribution in [-0.2, 0) is 32.6 Å². The van der Waals surface area contributed by atoms with Crippen LogP contribution in [0.1, 0.15) is 87.4 Å². The maximum absolute atomic E-state index is 13.6. The summed E-state index contributed by atoms with van der Waals surface area (Å²) >= 11 is 0. The molecule has 2 aromatic carbocycles. The highest BCUT2D eigenvalue weighted by atomic mass is 32.2. The molecule has 0 fully saturated rings. The Morgan fingerprint density at radius 3 is 2.38 bits per heavy atom. The summed E-state index contributed by atoms with van der Waals surface area (Å²) in [5.41, 5.74) is 9.95. The minimum absolute atomic E-state index is 0.187. The van der Waals surface area contributed by atoms with Crippen molar-refractivity contribution >= 4 is 38.7 Å². The number of aryl methyl sites for hydroxylation is 1. The first kappa shape index (κ1) is 37.4. The molecule has 47 heavy (non-hydrogen) atoms. The standard InChI is InChI=1S/C34H51N7O5S/c1-11-12-15-46-21-34(6,7)32-37-19-29(40(32)8)25(35)20-41(36)28-16-23(14-13-22(28)2)31(42)38-26-17-24(33(3,4)5)18-27(30(26)45-9)39-47(10,43)44/h13-14,16-20,39H,11-12,15,21,35-36H2,1-10H3,(H,38,42)/b25-20-. The van der Waals surface area contributed by atoms with Gasteiger partial charge in [0.25, 0.3) is 5.91 Å². The number of rotatable bonds is 14. The number of anilines is 3. The number of imidazole rings is 1. The van der Waals surface area contributed by atoms with Crippen molar-refractivity contribution in [3.05, 3.63) is 70.9 Å². The van der Waals surface area contributed by atoms with Crippen LogP contribution in [0.2, 0.25) is 0 Å². The number of unbranched alkanes of at least 4 members (excludes halogenated alkanes) is 1. The number of benzene rings is 2. The summed E-state index contributed by atoms with van der Waals surface area (Å²) < 4.78 is 40.1. The van der Waals surface area contributed by atoms with Gasteiger partial charge in [-0.2, -0.15) is 0 Å². The van der Waals surface area contributed by atoms with Gasteiger partial charge in [-0.15, -0.1) is 0 Å². The van der Waals surface area contributed by atoms with Gasteiger partial charge in [0.1, 0.15) is 5.82 Å². The first-order valence-corrected chi connectivity index (χ1v) is 17.4. The Morgan fingerprint density at radius 2 is 1.79 bits per heavy atom. The lowest BCUT2D eigenvalue weighted by Gasteiger charge is -2.24. The van der Waals surface area contributed by atoms with Gasteiger partial charge >= 0.3 is 0 Å². The van der Waals surface area contributed by atoms with Crippen molar-refractivity contribution in [1.82, 2.24) is 9.55 Å². The number of aromatic nitrogens is 2. The molecule has 0 aliphatic heterocycles. The van der Waals surface area contributed by atoms with Crippen molar-refractivity contribution in [2.45, 2.75) is 72.1 Å². The van der Waals surface area contributed by atoms with Crippen molar-refractivity contribution in [3.63, 3.8) is 0 Å². The van der Waals surface area contributed by atoms with E-state index in [0.29, 0.717) is 41.5 Å². The van der Waals surface area contributed by atoms with E-state index in [9.17, 15) is 13.2 Å². The van der Waals surface area contributed by atoms with E-state index in [1.54, 1.807) is 42.7 Å². The van der Waals surface area contributed by atoms with Gasteiger partial charge in [0.15, 0.2) is 5.75 Å². The van der Waals surface area contributed by atoms with Crippen LogP contribution >= 0.6 is 0 Å². The molecular formula is C34H51N7O5S. The minimum Gasteiger partial charge on any atom is -0.492 e. The third-order valence-corrected chi connectivity index (χ3v) is 8.32. The molecule has 1 aromatic heterocycles. The normalized spacial score (nSPS) is 12.6. The number of carbonyl (C=O) groups excluding carboxylic acids is 1. The molecule has 13 heteroatoms. The van der Waals surface area contributed by atoms with E-state index in [1.165, 1.54) is 12.1 Å². The van der Waals surface area contributed by atoms with E-state index in [0.717, 1.165) is 36.0 Å². The highest BCUT2D eigenvalue weighted by Gasteiger charge is 2.27. The van der Waals surface area contributed by atoms with Gasteiger partial charge < -0.3 is 25.1 Å². The van der Waals surface area contributed by atoms with Crippen LogP contribution in [0.4, 0.5) is 17.1 Å². The van der Waals surface area contributed by atoms with Crippen LogP contribution in [0.3, 0.4) is 0 Å². The third kappa shape index (κ3) is 9.49. The van der Waals surface area contributed by atoms with Crippen molar-refractivity contribution in [2.24, 2.45) is 18.6 Å². The molecule has 0 saturated carbocycles. The number of nitrogens with two attached hydrogens (primary N) is 2. The Morgan fingerprint density at radius 1 is 1.13 bits per heavy atom. The zero-order valence-electron chi connectivity index (χ0n) is 29.3. The number of nitrogens with one attached hydrogen (secondary N) is 2. The molecule has 6 N–H and O–H groups in total. The summed E-state index contributed by atoms with van der Waals surface area (Å²) in [6.45, 7) is 15.4. The van der Waals surface area contributed by atoms with Crippen molar-refractivity contribution in [2.75, 3.05) is 41.6 Å². The summed E-state index contributed by atoms with van der Waals surface area (Å²) in [4.78, 5) is 18.2. The van der Waals surface area contributed by atoms with Gasteiger partial charge in [-0.3, -0.25) is 14.5 Å². The molecule has 0 spiro atoms. The summed E-state index contributed by atoms with van der Waals surface area (Å²) in [5, 5.41) is 4.27. The fraction of sp³-hybridized carbons (Fsp3) is 0.471. The number of carbonyl (C=O) groups is 1. The monoisotopic (exact) mass is 669 g/mol. The molecular weight excluding hydrogens is 618 g/mol. The molecule has 3 rings (SSSR count). The molecule has 3 aromatic rings. The van der Waals surface area contributed by atoms with Gasteiger partial charge in [0, 0.05) is 30.8 Å². The average molecular weight is 670 g/mol. The van der Waals surface area contributed by atoms with E-state index in [4.69, 9.17) is 21.1 Å². The maximum atomic E-state index is 13.6. The first-order chi connectivity index (χ1) is 21.8. The van der Waals surface area contributed by atoms with Gasteiger partial charge in [-0.1, -0.05) is 54.0 Å². The van der Waals surface area contributed by atoms with Crippen molar-refractivity contribution in [1.29, 1.82) is 0 Å². The van der Waals surface area contributed by atoms with E-state index in [2.05, 4.69) is 35.8 Å². The number of hydrazine groups is 1. The maximum Gasteiger partial charge on any atom is 0.255 e. The van der Waals surface area contributed by atoms with Crippen LogP contribution in [0, 0.1) is 6.92 Å². The quantitative estimate of drug-likeness (QED) is 0.1000. The Bertz CT molecular complexity index is 1720. The first-order valence-electron chi connectivity index (χ1n) is 15.5. The molecule has 258 valence electrons. The zero-order chi connectivity index (χ0) is 35.3. The average Bonchev–Trinajstić information content (AvgIpc) is 3.36. The zero-order valence-corrected chi connectivity index (χ0v) is 30.1. The number of sulfonamides is 1. The van der Waals surface area contributed by atoms with E-state index >= 15 is 0 Å². The summed E-state index contributed by atoms with van der Waals surface area (Å²) in [6, 6.07) is 8.62. The van der Waals surface area contributed by atoms with Crippen LogP contribution in [0.5, 0.6) is 5.75 Å². The summed E-state index contributed by atoms with van der Waals surface area (Å²) in [7, 11) is -0.305. The van der Waals surface area contributed by atoms with Gasteiger partial charge in [-0.25, -0.2) is 19.2 Å². The molecule has 1 amide bonds. The predicted molar refractivity (Wildman–Crippen MR) is 190 cm³/mol. The lowest BCUT2D eigenvalue weighted by atomic mass is 9.86. The van der Waals surface area contributed by atoms with Gasteiger partial charge in [-0.05, 0) is 54.2 Å². The lowest BCUT2D eigenvalue weighted by molar-refractivity contribution is 0.0885. The molecule has 0 radical (unpaired) electrons. The molecule has 1 heterocycles.